The van der Waals surface area contributed by atoms with Crippen LogP contribution in [-0.2, 0) is 13.6 Å². The molecule has 0 spiro atoms. The fourth-order valence-corrected chi connectivity index (χ4v) is 1.62. The molecule has 6 nitrogen and oxygen atoms in total. The number of aryl methyl sites for hydroxylation is 1. The van der Waals surface area contributed by atoms with Crippen molar-refractivity contribution in [3.05, 3.63) is 11.6 Å². The lowest BCUT2D eigenvalue weighted by Crippen LogP contribution is -2.39. The number of aliphatic imine (C=N–C) groups is 1. The van der Waals surface area contributed by atoms with Crippen LogP contribution in [0.1, 0.15) is 37.8 Å². The van der Waals surface area contributed by atoms with Crippen molar-refractivity contribution in [1.29, 1.82) is 0 Å². The van der Waals surface area contributed by atoms with Gasteiger partial charge < -0.3 is 15.2 Å². The van der Waals surface area contributed by atoms with E-state index < -0.39 is 12.6 Å². The van der Waals surface area contributed by atoms with Gasteiger partial charge in [0.1, 0.15) is 12.4 Å². The van der Waals surface area contributed by atoms with Crippen LogP contribution in [0, 0.1) is 6.92 Å². The number of nitrogens with zero attached hydrogens (tertiary/aromatic N) is 4. The molecule has 0 bridgehead atoms. The predicted molar refractivity (Wildman–Crippen MR) is 78.5 cm³/mol. The van der Waals surface area contributed by atoms with E-state index in [9.17, 15) is 13.2 Å². The zero-order valence-corrected chi connectivity index (χ0v) is 13.2. The lowest BCUT2D eigenvalue weighted by Gasteiger charge is -2.13. The molecule has 1 aromatic heterocycles. The molecule has 0 aliphatic carbocycles. The van der Waals surface area contributed by atoms with Crippen molar-refractivity contribution in [2.75, 3.05) is 13.1 Å². The largest absolute Gasteiger partial charge is 0.390 e. The Kier molecular flexibility index (Phi) is 7.13. The summed E-state index contributed by atoms with van der Waals surface area (Å²) in [5.41, 5.74) is 0. The first-order chi connectivity index (χ1) is 10.3. The zero-order valence-electron chi connectivity index (χ0n) is 13.2. The highest BCUT2D eigenvalue weighted by Crippen LogP contribution is 2.18. The van der Waals surface area contributed by atoms with Gasteiger partial charge in [-0.25, -0.2) is 4.99 Å². The van der Waals surface area contributed by atoms with Gasteiger partial charge in [0.2, 0.25) is 0 Å². The van der Waals surface area contributed by atoms with Crippen molar-refractivity contribution in [2.45, 2.75) is 45.8 Å². The average Bonchev–Trinajstić information content (AvgIpc) is 2.74. The number of aromatic nitrogens is 3. The van der Waals surface area contributed by atoms with Gasteiger partial charge in [-0.05, 0) is 13.3 Å². The molecule has 1 heterocycles. The van der Waals surface area contributed by atoms with Crippen molar-refractivity contribution >= 4 is 5.96 Å². The number of halogens is 3. The Morgan fingerprint density at radius 2 is 1.91 bits per heavy atom. The molecule has 0 saturated carbocycles. The van der Waals surface area contributed by atoms with Crippen molar-refractivity contribution in [1.82, 2.24) is 25.4 Å². The SMILES string of the molecule is CCCCNC(=NCc1nnc(C)n1C)NCCC(F)(F)F. The Balaban J connectivity index is 2.59. The van der Waals surface area contributed by atoms with Gasteiger partial charge in [-0.3, -0.25) is 0 Å². The summed E-state index contributed by atoms with van der Waals surface area (Å²) in [5.74, 6) is 1.78. The van der Waals surface area contributed by atoms with Crippen LogP contribution >= 0.6 is 0 Å². The minimum absolute atomic E-state index is 0.209. The highest BCUT2D eigenvalue weighted by molar-refractivity contribution is 5.79. The van der Waals surface area contributed by atoms with E-state index in [2.05, 4.69) is 25.8 Å². The van der Waals surface area contributed by atoms with Gasteiger partial charge >= 0.3 is 6.18 Å². The highest BCUT2D eigenvalue weighted by Gasteiger charge is 2.26. The van der Waals surface area contributed by atoms with Gasteiger partial charge in [-0.15, -0.1) is 10.2 Å². The number of hydrogen-bond donors (Lipinski definition) is 2. The maximum absolute atomic E-state index is 12.2. The minimum Gasteiger partial charge on any atom is -0.356 e. The molecule has 22 heavy (non-hydrogen) atoms. The van der Waals surface area contributed by atoms with Crippen LogP contribution in [0.15, 0.2) is 4.99 Å². The second-order valence-corrected chi connectivity index (χ2v) is 4.96. The van der Waals surface area contributed by atoms with Crippen LogP contribution in [0.4, 0.5) is 13.2 Å². The van der Waals surface area contributed by atoms with Crippen molar-refractivity contribution in [3.8, 4) is 0 Å². The molecular formula is C13H23F3N6. The van der Waals surface area contributed by atoms with Crippen LogP contribution < -0.4 is 10.6 Å². The summed E-state index contributed by atoms with van der Waals surface area (Å²) in [6.45, 7) is 4.57. The van der Waals surface area contributed by atoms with Gasteiger partial charge in [0.05, 0.1) is 6.42 Å². The molecule has 0 unspecified atom stereocenters. The average molecular weight is 320 g/mol. The third-order valence-electron chi connectivity index (χ3n) is 3.09. The van der Waals surface area contributed by atoms with Gasteiger partial charge in [0, 0.05) is 20.1 Å². The first kappa shape index (κ1) is 18.2. The Bertz CT molecular complexity index is 481. The summed E-state index contributed by atoms with van der Waals surface area (Å²) < 4.78 is 38.4. The quantitative estimate of drug-likeness (QED) is 0.457. The van der Waals surface area contributed by atoms with E-state index in [4.69, 9.17) is 0 Å². The van der Waals surface area contributed by atoms with E-state index in [0.717, 1.165) is 18.7 Å². The second-order valence-electron chi connectivity index (χ2n) is 4.96. The summed E-state index contributed by atoms with van der Waals surface area (Å²) >= 11 is 0. The van der Waals surface area contributed by atoms with Crippen LogP contribution in [0.25, 0.3) is 0 Å². The van der Waals surface area contributed by atoms with Crippen LogP contribution in [0.3, 0.4) is 0 Å². The fraction of sp³-hybridized carbons (Fsp3) is 0.769. The van der Waals surface area contributed by atoms with Gasteiger partial charge in [0.15, 0.2) is 11.8 Å². The molecule has 9 heteroatoms. The van der Waals surface area contributed by atoms with Gasteiger partial charge in [-0.2, -0.15) is 13.2 Å². The molecule has 126 valence electrons. The molecule has 1 aromatic rings. The first-order valence-corrected chi connectivity index (χ1v) is 7.27. The van der Waals surface area contributed by atoms with Crippen molar-refractivity contribution in [2.24, 2.45) is 12.0 Å². The molecule has 0 fully saturated rings. The zero-order chi connectivity index (χ0) is 16.6. The minimum atomic E-state index is -4.18. The van der Waals surface area contributed by atoms with Crippen LogP contribution in [0.5, 0.6) is 0 Å². The van der Waals surface area contributed by atoms with Crippen LogP contribution in [-0.4, -0.2) is 40.0 Å². The standard InChI is InChI=1S/C13H23F3N6/c1-4-5-7-17-12(18-8-6-13(14,15)16)19-9-11-21-20-10(2)22(11)3/h4-9H2,1-3H3,(H2,17,18,19). The Hall–Kier alpha value is -1.80. The van der Waals surface area contributed by atoms with E-state index >= 15 is 0 Å². The lowest BCUT2D eigenvalue weighted by molar-refractivity contribution is -0.132. The third kappa shape index (κ3) is 6.77. The van der Waals surface area contributed by atoms with E-state index in [1.165, 1.54) is 0 Å². The summed E-state index contributed by atoms with van der Waals surface area (Å²) in [6, 6.07) is 0. The number of alkyl halides is 3. The predicted octanol–water partition coefficient (Wildman–Crippen LogP) is 1.91. The van der Waals surface area contributed by atoms with Crippen molar-refractivity contribution in [3.63, 3.8) is 0 Å². The van der Waals surface area contributed by atoms with E-state index in [1.807, 2.05) is 20.9 Å². The smallest absolute Gasteiger partial charge is 0.356 e. The molecular weight excluding hydrogens is 297 g/mol. The third-order valence-corrected chi connectivity index (χ3v) is 3.09. The summed E-state index contributed by atoms with van der Waals surface area (Å²) in [5, 5.41) is 13.6. The number of rotatable bonds is 7. The molecule has 0 radical (unpaired) electrons. The first-order valence-electron chi connectivity index (χ1n) is 7.27. The maximum atomic E-state index is 12.2. The number of unbranched alkanes of at least 4 members (excludes halogenated alkanes) is 1. The van der Waals surface area contributed by atoms with Gasteiger partial charge in [0.25, 0.3) is 0 Å². The summed E-state index contributed by atoms with van der Waals surface area (Å²) in [7, 11) is 1.82. The Morgan fingerprint density at radius 3 is 2.45 bits per heavy atom. The number of hydrogen-bond acceptors (Lipinski definition) is 3. The van der Waals surface area contributed by atoms with E-state index in [-0.39, 0.29) is 13.1 Å². The van der Waals surface area contributed by atoms with E-state index in [1.54, 1.807) is 4.57 Å². The monoisotopic (exact) mass is 320 g/mol. The second kappa shape index (κ2) is 8.60. The Morgan fingerprint density at radius 1 is 1.23 bits per heavy atom. The molecule has 2 N–H and O–H groups in total. The molecule has 1 rings (SSSR count). The molecule has 0 aromatic carbocycles. The molecule has 0 amide bonds. The van der Waals surface area contributed by atoms with Crippen LogP contribution in [0.2, 0.25) is 0 Å². The number of guanidine groups is 1. The summed E-state index contributed by atoms with van der Waals surface area (Å²) in [4.78, 5) is 4.26. The van der Waals surface area contributed by atoms with Crippen molar-refractivity contribution < 1.29 is 13.2 Å². The highest BCUT2D eigenvalue weighted by atomic mass is 19.4. The fourth-order valence-electron chi connectivity index (χ4n) is 1.62. The maximum Gasteiger partial charge on any atom is 0.390 e. The van der Waals surface area contributed by atoms with Gasteiger partial charge in [-0.1, -0.05) is 13.3 Å². The summed E-state index contributed by atoms with van der Waals surface area (Å²) in [6.07, 6.45) is -3.17. The lowest BCUT2D eigenvalue weighted by atomic mass is 10.3. The topological polar surface area (TPSA) is 67.1 Å². The normalized spacial score (nSPS) is 12.5. The van der Waals surface area contributed by atoms with E-state index in [0.29, 0.717) is 18.3 Å². The molecule has 0 aliphatic heterocycles. The molecule has 0 atom stereocenters. The Labute approximate surface area is 128 Å². The number of nitrogens with one attached hydrogen (secondary N) is 2. The molecule has 0 aliphatic rings. The molecule has 0 saturated heterocycles.